The van der Waals surface area contributed by atoms with Gasteiger partial charge in [-0.25, -0.2) is 9.97 Å². The average Bonchev–Trinajstić information content (AvgIpc) is 2.67. The molecule has 1 amide bonds. The minimum absolute atomic E-state index is 0.0899. The van der Waals surface area contributed by atoms with E-state index < -0.39 is 0 Å². The van der Waals surface area contributed by atoms with Gasteiger partial charge in [-0.1, -0.05) is 11.6 Å². The summed E-state index contributed by atoms with van der Waals surface area (Å²) >= 11 is 7.27. The second-order valence-corrected chi connectivity index (χ2v) is 6.46. The number of nitrogens with one attached hydrogen (secondary N) is 1. The van der Waals surface area contributed by atoms with Crippen LogP contribution in [0.3, 0.4) is 0 Å². The molecule has 0 fully saturated rings. The van der Waals surface area contributed by atoms with E-state index in [-0.39, 0.29) is 5.91 Å². The Kier molecular flexibility index (Phi) is 5.53. The van der Waals surface area contributed by atoms with Crippen LogP contribution in [0.1, 0.15) is 10.4 Å². The molecule has 0 radical (unpaired) electrons. The number of benzene rings is 2. The molecule has 0 spiro atoms. The van der Waals surface area contributed by atoms with Gasteiger partial charge in [0.05, 0.1) is 0 Å². The van der Waals surface area contributed by atoms with Crippen LogP contribution < -0.4 is 9.62 Å². The maximum absolute atomic E-state index is 12.5. The molecule has 0 saturated heterocycles. The highest BCUT2D eigenvalue weighted by Crippen LogP contribution is 2.23. The molecular formula is C18H15ClN4OS. The van der Waals surface area contributed by atoms with Crippen LogP contribution in [0.4, 0.5) is 11.6 Å². The number of hydrogen-bond acceptors (Lipinski definition) is 5. The fourth-order valence-electron chi connectivity index (χ4n) is 2.10. The number of amides is 1. The van der Waals surface area contributed by atoms with Gasteiger partial charge < -0.3 is 4.90 Å². The number of halogens is 1. The monoisotopic (exact) mass is 370 g/mol. The van der Waals surface area contributed by atoms with E-state index in [4.69, 9.17) is 11.6 Å². The van der Waals surface area contributed by atoms with Crippen molar-refractivity contribution in [1.82, 2.24) is 9.97 Å². The predicted molar refractivity (Wildman–Crippen MR) is 102 cm³/mol. The van der Waals surface area contributed by atoms with Gasteiger partial charge >= 0.3 is 0 Å². The van der Waals surface area contributed by atoms with Crippen LogP contribution in [-0.4, -0.2) is 22.9 Å². The second kappa shape index (κ2) is 8.00. The summed E-state index contributed by atoms with van der Waals surface area (Å²) in [5.74, 6) is 0.458. The third-order valence-electron chi connectivity index (χ3n) is 3.45. The van der Waals surface area contributed by atoms with E-state index in [1.807, 2.05) is 24.3 Å². The summed E-state index contributed by atoms with van der Waals surface area (Å²) in [5.41, 5.74) is 1.40. The molecule has 0 unspecified atom stereocenters. The number of carbonyl (C=O) groups is 1. The normalized spacial score (nSPS) is 10.3. The lowest BCUT2D eigenvalue weighted by atomic mass is 10.2. The topological polar surface area (TPSA) is 58.1 Å². The predicted octanol–water partition coefficient (Wildman–Crippen LogP) is 4.53. The molecule has 2 aromatic carbocycles. The molecule has 1 N–H and O–H groups in total. The minimum atomic E-state index is -0.0899. The molecule has 0 aliphatic carbocycles. The standard InChI is InChI=1S/C18H15ClN4OS/c1-23(17(24)13-3-5-14(19)6-4-13)15-7-9-16(10-8-15)25-22-18-20-11-2-12-21-18/h2-12H,1H3,(H,20,21,22). The Hall–Kier alpha value is -2.57. The Morgan fingerprint density at radius 2 is 1.68 bits per heavy atom. The third kappa shape index (κ3) is 4.49. The summed E-state index contributed by atoms with van der Waals surface area (Å²) in [4.78, 5) is 23.3. The molecule has 3 rings (SSSR count). The number of carbonyl (C=O) groups excluding carboxylic acids is 1. The quantitative estimate of drug-likeness (QED) is 0.669. The zero-order valence-corrected chi connectivity index (χ0v) is 15.0. The number of nitrogens with zero attached hydrogens (tertiary/aromatic N) is 3. The summed E-state index contributed by atoms with van der Waals surface area (Å²) in [5, 5.41) is 0.607. The number of aromatic nitrogens is 2. The van der Waals surface area contributed by atoms with Crippen molar-refractivity contribution >= 4 is 41.1 Å². The van der Waals surface area contributed by atoms with Crippen LogP contribution >= 0.6 is 23.5 Å². The summed E-state index contributed by atoms with van der Waals surface area (Å²) in [6, 6.07) is 16.3. The maximum atomic E-state index is 12.5. The summed E-state index contributed by atoms with van der Waals surface area (Å²) in [6.07, 6.45) is 3.35. The first-order valence-electron chi connectivity index (χ1n) is 7.47. The molecule has 5 nitrogen and oxygen atoms in total. The molecule has 0 saturated carbocycles. The third-order valence-corrected chi connectivity index (χ3v) is 4.49. The highest BCUT2D eigenvalue weighted by molar-refractivity contribution is 8.00. The van der Waals surface area contributed by atoms with E-state index in [1.54, 1.807) is 54.7 Å². The Balaban J connectivity index is 1.65. The largest absolute Gasteiger partial charge is 0.311 e. The first-order chi connectivity index (χ1) is 12.1. The first kappa shape index (κ1) is 17.3. The van der Waals surface area contributed by atoms with Crippen LogP contribution in [0.15, 0.2) is 71.9 Å². The van der Waals surface area contributed by atoms with Crippen LogP contribution in [0.2, 0.25) is 5.02 Å². The van der Waals surface area contributed by atoms with Crippen LogP contribution in [-0.2, 0) is 0 Å². The lowest BCUT2D eigenvalue weighted by Gasteiger charge is -2.17. The van der Waals surface area contributed by atoms with Crippen molar-refractivity contribution in [1.29, 1.82) is 0 Å². The van der Waals surface area contributed by atoms with E-state index in [9.17, 15) is 4.79 Å². The molecule has 0 aliphatic heterocycles. The van der Waals surface area contributed by atoms with Crippen molar-refractivity contribution in [2.24, 2.45) is 0 Å². The van der Waals surface area contributed by atoms with Crippen molar-refractivity contribution in [3.63, 3.8) is 0 Å². The van der Waals surface area contributed by atoms with Gasteiger partial charge in [-0.15, -0.1) is 0 Å². The lowest BCUT2D eigenvalue weighted by molar-refractivity contribution is 0.0993. The molecule has 0 aliphatic rings. The van der Waals surface area contributed by atoms with Gasteiger partial charge in [0.25, 0.3) is 5.91 Å². The lowest BCUT2D eigenvalue weighted by Crippen LogP contribution is -2.26. The summed E-state index contributed by atoms with van der Waals surface area (Å²) in [6.45, 7) is 0. The van der Waals surface area contributed by atoms with E-state index >= 15 is 0 Å². The molecule has 3 aromatic rings. The van der Waals surface area contributed by atoms with Crippen molar-refractivity contribution in [3.05, 3.63) is 77.6 Å². The van der Waals surface area contributed by atoms with E-state index in [1.165, 1.54) is 11.9 Å². The average molecular weight is 371 g/mol. The van der Waals surface area contributed by atoms with Gasteiger partial charge in [0.15, 0.2) is 0 Å². The highest BCUT2D eigenvalue weighted by Gasteiger charge is 2.13. The highest BCUT2D eigenvalue weighted by atomic mass is 35.5. The number of anilines is 2. The smallest absolute Gasteiger partial charge is 0.258 e. The maximum Gasteiger partial charge on any atom is 0.258 e. The molecule has 126 valence electrons. The van der Waals surface area contributed by atoms with Crippen molar-refractivity contribution in [2.45, 2.75) is 4.90 Å². The Labute approximate surface area is 155 Å². The minimum Gasteiger partial charge on any atom is -0.311 e. The van der Waals surface area contributed by atoms with Gasteiger partial charge in [-0.2, -0.15) is 0 Å². The zero-order valence-electron chi connectivity index (χ0n) is 13.4. The fourth-order valence-corrected chi connectivity index (χ4v) is 2.81. The van der Waals surface area contributed by atoms with E-state index in [0.29, 0.717) is 16.5 Å². The van der Waals surface area contributed by atoms with E-state index in [2.05, 4.69) is 14.7 Å². The molecule has 0 bridgehead atoms. The van der Waals surface area contributed by atoms with Crippen LogP contribution in [0.25, 0.3) is 0 Å². The van der Waals surface area contributed by atoms with E-state index in [0.717, 1.165) is 10.6 Å². The molecule has 1 heterocycles. The molecule has 25 heavy (non-hydrogen) atoms. The van der Waals surface area contributed by atoms with Crippen molar-refractivity contribution < 1.29 is 4.79 Å². The van der Waals surface area contributed by atoms with Crippen LogP contribution in [0.5, 0.6) is 0 Å². The van der Waals surface area contributed by atoms with Gasteiger partial charge in [-0.05, 0) is 66.5 Å². The number of hydrogen-bond donors (Lipinski definition) is 1. The van der Waals surface area contributed by atoms with Gasteiger partial charge in [0, 0.05) is 40.6 Å². The van der Waals surface area contributed by atoms with Gasteiger partial charge in [0.1, 0.15) is 0 Å². The summed E-state index contributed by atoms with van der Waals surface area (Å²) < 4.78 is 3.06. The molecule has 7 heteroatoms. The molecular weight excluding hydrogens is 356 g/mol. The summed E-state index contributed by atoms with van der Waals surface area (Å²) in [7, 11) is 1.75. The first-order valence-corrected chi connectivity index (χ1v) is 8.66. The second-order valence-electron chi connectivity index (χ2n) is 5.14. The number of rotatable bonds is 5. The SMILES string of the molecule is CN(C(=O)c1ccc(Cl)cc1)c1ccc(SNc2ncccn2)cc1. The Morgan fingerprint density at radius 1 is 1.04 bits per heavy atom. The molecule has 0 atom stereocenters. The Bertz CT molecular complexity index is 841. The van der Waals surface area contributed by atoms with Crippen molar-refractivity contribution in [3.8, 4) is 0 Å². The van der Waals surface area contributed by atoms with Crippen LogP contribution in [0, 0.1) is 0 Å². The molecule has 1 aromatic heterocycles. The zero-order chi connectivity index (χ0) is 17.6. The Morgan fingerprint density at radius 3 is 2.32 bits per heavy atom. The van der Waals surface area contributed by atoms with Crippen molar-refractivity contribution in [2.75, 3.05) is 16.7 Å². The van der Waals surface area contributed by atoms with Gasteiger partial charge in [-0.3, -0.25) is 9.52 Å². The van der Waals surface area contributed by atoms with Gasteiger partial charge in [0.2, 0.25) is 5.95 Å². The fraction of sp³-hybridized carbons (Fsp3) is 0.0556.